The van der Waals surface area contributed by atoms with Crippen LogP contribution >= 0.6 is 112 Å². The molecule has 9 atom stereocenters. The lowest BCUT2D eigenvalue weighted by molar-refractivity contribution is -0.154. The van der Waals surface area contributed by atoms with E-state index in [9.17, 15) is 39.0 Å². The number of hydrogen-bond acceptors (Lipinski definition) is 25. The fraction of sp³-hybridized carbons (Fsp3) is 0.468. The maximum Gasteiger partial charge on any atom is 0.329 e. The van der Waals surface area contributed by atoms with Crippen molar-refractivity contribution >= 4 is 147 Å². The third-order valence-corrected chi connectivity index (χ3v) is 35.3. The zero-order chi connectivity index (χ0) is 102. The Labute approximate surface area is 908 Å². The van der Waals surface area contributed by atoms with E-state index in [1.54, 1.807) is 0 Å². The van der Waals surface area contributed by atoms with Crippen molar-refractivity contribution < 1.29 is 86.3 Å². The van der Waals surface area contributed by atoms with E-state index in [0.29, 0.717) is 93.7 Å². The lowest BCUT2D eigenvalue weighted by Crippen LogP contribution is -2.42. The number of carbonyl (C=O) groups is 6. The van der Waals surface area contributed by atoms with Crippen LogP contribution in [0.2, 0.25) is 0 Å². The lowest BCUT2D eigenvalue weighted by Gasteiger charge is -2.22. The highest BCUT2D eigenvalue weighted by atomic mass is 79.9. The first kappa shape index (κ1) is 106. The Morgan fingerprint density at radius 2 is 0.527 bits per heavy atom. The standard InChI is InChI=1S/3C22H23BrN2O4.C12H14BrNO.2C11H12BrNO2.C11H12BrNO/c3*1-13(26)24-17(12-14-6-3-2-4-7-14)22(27)29-18-10-9-15-19(23)16-8-5-11-28-21(16)25-20(15)18;1-7-4-5-8-10(13)9-3-2-6-15-12(9)14-11(7)8;2*12-9-6-3-4-8(14)10(6)13-11-7(9)2-1-5-15-11;12-10-7-3-1-5-9(7)13-11-8(10)4-2-6-14-11/h3*2-4,6-7,17-18H,5,8-12H2,1H3,(H,24,26);7H,2-6H2,1H3;2*8,14H,1-5H2;1-6H2/t17-,18?;17-,18+;17-,18-;;;;/m000..../s1. The molecule has 0 fully saturated rings. The number of aliphatic hydroxyl groups excluding tert-OH is 2. The highest BCUT2D eigenvalue weighted by molar-refractivity contribution is 9.11. The number of benzene rings is 3. The van der Waals surface area contributed by atoms with Crippen LogP contribution < -0.4 is 49.1 Å². The topological polar surface area (TPSA) is 362 Å². The summed E-state index contributed by atoms with van der Waals surface area (Å²) in [6.07, 6.45) is 27.0. The molecule has 7 aliphatic carbocycles. The van der Waals surface area contributed by atoms with E-state index in [0.717, 1.165) is 287 Å². The highest BCUT2D eigenvalue weighted by Gasteiger charge is 2.42. The first-order valence-corrected chi connectivity index (χ1v) is 56.6. The average Bonchev–Trinajstić information content (AvgIpc) is 1.62. The van der Waals surface area contributed by atoms with Gasteiger partial charge in [-0.25, -0.2) is 49.3 Å². The predicted molar refractivity (Wildman–Crippen MR) is 570 cm³/mol. The third kappa shape index (κ3) is 24.7. The monoisotopic (exact) mass is 2430 g/mol. The summed E-state index contributed by atoms with van der Waals surface area (Å²) in [6, 6.07) is 26.5. The summed E-state index contributed by atoms with van der Waals surface area (Å²) in [5.41, 5.74) is 25.9. The molecule has 7 aromatic heterocycles. The van der Waals surface area contributed by atoms with Crippen molar-refractivity contribution in [2.24, 2.45) is 0 Å². The number of ether oxygens (including phenoxy) is 10. The molecule has 10 aromatic rings. The van der Waals surface area contributed by atoms with Crippen molar-refractivity contribution in [3.05, 3.63) is 257 Å². The summed E-state index contributed by atoms with van der Waals surface area (Å²) in [4.78, 5) is 106. The number of aryl methyl sites for hydroxylation is 1. The normalized spacial score (nSPS) is 19.8. The maximum atomic E-state index is 12.9. The SMILES string of the molecule is Brc1c2c(nc3c1CCCO3)CCC2.CC(=O)N[C@@H](Cc1ccccc1)C(=O)OC1CCc2c1nc1c(c2Br)CCCO1.CC(=O)N[C@@H](Cc1ccccc1)C(=O)O[C@@H]1CCc2c1nc1c(c2Br)CCCO1.CC(=O)N[C@@H](Cc1ccccc1)C(=O)O[C@H]1CCc2c1nc1c(c2Br)CCCO1.CC1CCc2c1nc1c(c2Br)CCCO1.OC1CCc2c1nc1c(c2Br)CCCO1.OC1CCc2c1nc1c(c2Br)CCCO1. The van der Waals surface area contributed by atoms with Gasteiger partial charge in [-0.3, -0.25) is 14.4 Å². The van der Waals surface area contributed by atoms with Crippen molar-refractivity contribution in [2.75, 3.05) is 46.2 Å². The Balaban J connectivity index is 0.000000114. The van der Waals surface area contributed by atoms with Crippen LogP contribution in [0.3, 0.4) is 0 Å². The Bertz CT molecular complexity index is 5990. The van der Waals surface area contributed by atoms with Crippen LogP contribution in [0, 0.1) is 0 Å². The molecule has 5 N–H and O–H groups in total. The van der Waals surface area contributed by atoms with Gasteiger partial charge in [-0.05, 0) is 359 Å². The molecule has 0 bridgehead atoms. The van der Waals surface area contributed by atoms with E-state index in [1.807, 2.05) is 91.0 Å². The summed E-state index contributed by atoms with van der Waals surface area (Å²) < 4.78 is 64.8. The minimum atomic E-state index is -0.740. The summed E-state index contributed by atoms with van der Waals surface area (Å²) in [5.74, 6) is 3.54. The molecule has 14 heterocycles. The average molecular weight is 2440 g/mol. The molecule has 3 aromatic carbocycles. The molecular formula is C111H119Br7N10O18. The van der Waals surface area contributed by atoms with Gasteiger partial charge in [0.2, 0.25) is 58.9 Å². The summed E-state index contributed by atoms with van der Waals surface area (Å²) in [5, 5.41) is 27.7. The van der Waals surface area contributed by atoms with Gasteiger partial charge in [-0.1, -0.05) is 97.9 Å². The van der Waals surface area contributed by atoms with Crippen LogP contribution in [-0.4, -0.2) is 145 Å². The van der Waals surface area contributed by atoms with Gasteiger partial charge in [-0.15, -0.1) is 0 Å². The number of fused-ring (bicyclic) bond motifs is 14. The zero-order valence-corrected chi connectivity index (χ0v) is 93.2. The fourth-order valence-electron chi connectivity index (χ4n) is 21.3. The van der Waals surface area contributed by atoms with Gasteiger partial charge in [0, 0.05) is 116 Å². The number of halogens is 7. The Morgan fingerprint density at radius 1 is 0.295 bits per heavy atom. The van der Waals surface area contributed by atoms with Gasteiger partial charge < -0.3 is 73.5 Å². The molecule has 7 aliphatic heterocycles. The number of aliphatic hydroxyl groups is 2. The molecule has 0 spiro atoms. The number of nitrogens with one attached hydrogen (secondary N) is 3. The van der Waals surface area contributed by atoms with Crippen molar-refractivity contribution in [1.82, 2.24) is 50.8 Å². The van der Waals surface area contributed by atoms with E-state index in [4.69, 9.17) is 47.4 Å². The minimum absolute atomic E-state index is 0.266. The van der Waals surface area contributed by atoms with Gasteiger partial charge in [-0.2, -0.15) is 0 Å². The fourth-order valence-corrected chi connectivity index (χ4v) is 26.7. The second-order valence-corrected chi connectivity index (χ2v) is 44.4. The number of aromatic nitrogens is 7. The summed E-state index contributed by atoms with van der Waals surface area (Å²) in [7, 11) is 0. The number of rotatable bonds is 15. The molecule has 35 heteroatoms. The van der Waals surface area contributed by atoms with Crippen LogP contribution in [0.15, 0.2) is 122 Å². The first-order chi connectivity index (χ1) is 70.7. The van der Waals surface area contributed by atoms with Crippen LogP contribution in [0.4, 0.5) is 0 Å². The molecule has 0 saturated heterocycles. The largest absolute Gasteiger partial charge is 0.477 e. The molecule has 3 amide bonds. The third-order valence-electron chi connectivity index (χ3n) is 28.6. The molecule has 0 radical (unpaired) electrons. The Hall–Kier alpha value is -9.59. The molecule has 4 unspecified atom stereocenters. The molecule has 24 rings (SSSR count). The van der Waals surface area contributed by atoms with Crippen LogP contribution in [0.25, 0.3) is 0 Å². The van der Waals surface area contributed by atoms with Gasteiger partial charge in [0.15, 0.2) is 0 Å². The molecule has 28 nitrogen and oxygen atoms in total. The minimum Gasteiger partial charge on any atom is -0.477 e. The lowest BCUT2D eigenvalue weighted by atomic mass is 10.0. The van der Waals surface area contributed by atoms with Gasteiger partial charge >= 0.3 is 17.9 Å². The number of esters is 3. The zero-order valence-electron chi connectivity index (χ0n) is 82.1. The number of amides is 3. The first-order valence-electron chi connectivity index (χ1n) is 51.0. The number of carbonyl (C=O) groups excluding carboxylic acids is 6. The smallest absolute Gasteiger partial charge is 0.329 e. The van der Waals surface area contributed by atoms with Crippen LogP contribution in [0.5, 0.6) is 41.2 Å². The summed E-state index contributed by atoms with van der Waals surface area (Å²) >= 11 is 25.8. The van der Waals surface area contributed by atoms with Gasteiger partial charge in [0.1, 0.15) is 36.4 Å². The molecule has 770 valence electrons. The van der Waals surface area contributed by atoms with E-state index in [1.165, 1.54) is 105 Å². The van der Waals surface area contributed by atoms with Gasteiger partial charge in [0.05, 0.1) is 92.6 Å². The van der Waals surface area contributed by atoms with E-state index >= 15 is 0 Å². The molecular weight excluding hydrogens is 2320 g/mol. The molecule has 14 aliphatic rings. The summed E-state index contributed by atoms with van der Waals surface area (Å²) in [6.45, 7) is 11.5. The van der Waals surface area contributed by atoms with Crippen LogP contribution in [-0.2, 0) is 159 Å². The number of pyridine rings is 7. The van der Waals surface area contributed by atoms with E-state index in [-0.39, 0.29) is 17.7 Å². The van der Waals surface area contributed by atoms with Crippen LogP contribution in [0.1, 0.15) is 288 Å². The second kappa shape index (κ2) is 49.0. The molecule has 0 saturated carbocycles. The van der Waals surface area contributed by atoms with Gasteiger partial charge in [0.25, 0.3) is 0 Å². The van der Waals surface area contributed by atoms with Crippen molar-refractivity contribution in [1.29, 1.82) is 0 Å². The molecule has 146 heavy (non-hydrogen) atoms. The van der Waals surface area contributed by atoms with Crippen molar-refractivity contribution in [3.8, 4) is 41.2 Å². The number of nitrogens with zero attached hydrogens (tertiary/aromatic N) is 7. The highest BCUT2D eigenvalue weighted by Crippen LogP contribution is 2.50. The van der Waals surface area contributed by atoms with Crippen molar-refractivity contribution in [2.45, 2.75) is 288 Å². The maximum absolute atomic E-state index is 12.9. The van der Waals surface area contributed by atoms with E-state index in [2.05, 4.69) is 169 Å². The second-order valence-electron chi connectivity index (χ2n) is 38.9. The Kier molecular flexibility index (Phi) is 35.7. The van der Waals surface area contributed by atoms with E-state index < -0.39 is 66.6 Å². The number of hydrogen-bond donors (Lipinski definition) is 5. The Morgan fingerprint density at radius 3 is 0.815 bits per heavy atom. The van der Waals surface area contributed by atoms with Crippen molar-refractivity contribution in [3.63, 3.8) is 0 Å². The predicted octanol–water partition coefficient (Wildman–Crippen LogP) is 20.5. The quantitative estimate of drug-likeness (QED) is 0.0470.